The number of nitrogens with zero attached hydrogens (tertiary/aromatic N) is 2. The molecule has 6 nitrogen and oxygen atoms in total. The van der Waals surface area contributed by atoms with Crippen molar-refractivity contribution in [2.24, 2.45) is 0 Å². The molecule has 6 heteroatoms. The van der Waals surface area contributed by atoms with E-state index in [1.54, 1.807) is 4.90 Å². The molecule has 1 aromatic carbocycles. The maximum Gasteiger partial charge on any atom is 0.247 e. The number of nitrogens with one attached hydrogen (secondary N) is 1. The molecule has 2 heterocycles. The minimum Gasteiger partial charge on any atom is -0.379 e. The molecule has 2 aliphatic heterocycles. The SMILES string of the molecule is CCC(=O)N1CCC[C@H]1C(=O)Nc1ccccc1CN1CCOCC1. The van der Waals surface area contributed by atoms with Crippen LogP contribution in [0.15, 0.2) is 24.3 Å². The highest BCUT2D eigenvalue weighted by Gasteiger charge is 2.33. The van der Waals surface area contributed by atoms with E-state index in [-0.39, 0.29) is 17.9 Å². The van der Waals surface area contributed by atoms with Gasteiger partial charge < -0.3 is 15.0 Å². The zero-order chi connectivity index (χ0) is 17.6. The average Bonchev–Trinajstić information content (AvgIpc) is 3.13. The summed E-state index contributed by atoms with van der Waals surface area (Å²) in [6.45, 7) is 6.64. The summed E-state index contributed by atoms with van der Waals surface area (Å²) in [6.07, 6.45) is 2.07. The second kappa shape index (κ2) is 8.45. The lowest BCUT2D eigenvalue weighted by molar-refractivity contribution is -0.136. The van der Waals surface area contributed by atoms with Gasteiger partial charge in [-0.2, -0.15) is 0 Å². The average molecular weight is 345 g/mol. The number of morpholine rings is 1. The Bertz CT molecular complexity index is 614. The third-order valence-electron chi connectivity index (χ3n) is 4.95. The number of carbonyl (C=O) groups excluding carboxylic acids is 2. The maximum absolute atomic E-state index is 12.8. The predicted octanol–water partition coefficient (Wildman–Crippen LogP) is 1.86. The molecular formula is C19H27N3O3. The fraction of sp³-hybridized carbons (Fsp3) is 0.579. The molecule has 2 fully saturated rings. The Morgan fingerprint density at radius 1 is 1.20 bits per heavy atom. The first-order valence-electron chi connectivity index (χ1n) is 9.17. The van der Waals surface area contributed by atoms with Crippen molar-refractivity contribution < 1.29 is 14.3 Å². The van der Waals surface area contributed by atoms with E-state index in [0.29, 0.717) is 13.0 Å². The number of para-hydroxylation sites is 1. The summed E-state index contributed by atoms with van der Waals surface area (Å²) < 4.78 is 5.40. The lowest BCUT2D eigenvalue weighted by Crippen LogP contribution is -2.43. The van der Waals surface area contributed by atoms with Crippen LogP contribution in [0.5, 0.6) is 0 Å². The number of carbonyl (C=O) groups is 2. The van der Waals surface area contributed by atoms with Crippen LogP contribution in [0, 0.1) is 0 Å². The first kappa shape index (κ1) is 17.9. The maximum atomic E-state index is 12.8. The van der Waals surface area contributed by atoms with Gasteiger partial charge in [-0.3, -0.25) is 14.5 Å². The lowest BCUT2D eigenvalue weighted by atomic mass is 10.1. The van der Waals surface area contributed by atoms with Crippen LogP contribution in [0.25, 0.3) is 0 Å². The third-order valence-corrected chi connectivity index (χ3v) is 4.95. The quantitative estimate of drug-likeness (QED) is 0.885. The fourth-order valence-electron chi connectivity index (χ4n) is 3.54. The van der Waals surface area contributed by atoms with Crippen LogP contribution in [0.2, 0.25) is 0 Å². The second-order valence-corrected chi connectivity index (χ2v) is 6.63. The third kappa shape index (κ3) is 4.38. The minimum absolute atomic E-state index is 0.0549. The van der Waals surface area contributed by atoms with E-state index in [1.807, 2.05) is 25.1 Å². The van der Waals surface area contributed by atoms with Crippen LogP contribution in [0.1, 0.15) is 31.7 Å². The van der Waals surface area contributed by atoms with Gasteiger partial charge in [0.1, 0.15) is 6.04 Å². The van der Waals surface area contributed by atoms with Gasteiger partial charge in [-0.05, 0) is 24.5 Å². The Morgan fingerprint density at radius 3 is 2.72 bits per heavy atom. The van der Waals surface area contributed by atoms with Gasteiger partial charge in [0.15, 0.2) is 0 Å². The van der Waals surface area contributed by atoms with E-state index >= 15 is 0 Å². The van der Waals surface area contributed by atoms with Gasteiger partial charge in [-0.15, -0.1) is 0 Å². The van der Waals surface area contributed by atoms with Crippen molar-refractivity contribution in [2.75, 3.05) is 38.2 Å². The second-order valence-electron chi connectivity index (χ2n) is 6.63. The number of likely N-dealkylation sites (tertiary alicyclic amines) is 1. The van der Waals surface area contributed by atoms with Crippen LogP contribution in [-0.2, 0) is 20.9 Å². The molecule has 0 spiro atoms. The minimum atomic E-state index is -0.344. The van der Waals surface area contributed by atoms with Gasteiger partial charge in [-0.1, -0.05) is 25.1 Å². The Labute approximate surface area is 149 Å². The summed E-state index contributed by atoms with van der Waals surface area (Å²) >= 11 is 0. The Kier molecular flexibility index (Phi) is 6.04. The summed E-state index contributed by atoms with van der Waals surface area (Å²) in [5.41, 5.74) is 1.94. The molecule has 0 aliphatic carbocycles. The Morgan fingerprint density at radius 2 is 1.96 bits per heavy atom. The molecule has 136 valence electrons. The lowest BCUT2D eigenvalue weighted by Gasteiger charge is -2.28. The number of ether oxygens (including phenoxy) is 1. The molecule has 25 heavy (non-hydrogen) atoms. The molecule has 0 unspecified atom stereocenters. The van der Waals surface area contributed by atoms with Crippen molar-refractivity contribution >= 4 is 17.5 Å². The highest BCUT2D eigenvalue weighted by atomic mass is 16.5. The molecule has 2 aliphatic rings. The number of anilines is 1. The molecule has 1 atom stereocenters. The summed E-state index contributed by atoms with van der Waals surface area (Å²) in [5, 5.41) is 3.06. The zero-order valence-corrected chi connectivity index (χ0v) is 14.9. The van der Waals surface area contributed by atoms with Crippen molar-refractivity contribution in [2.45, 2.75) is 38.8 Å². The van der Waals surface area contributed by atoms with E-state index in [9.17, 15) is 9.59 Å². The van der Waals surface area contributed by atoms with Crippen LogP contribution in [0.4, 0.5) is 5.69 Å². The number of hydrogen-bond acceptors (Lipinski definition) is 4. The summed E-state index contributed by atoms with van der Waals surface area (Å²) in [4.78, 5) is 28.8. The monoisotopic (exact) mass is 345 g/mol. The predicted molar refractivity (Wildman–Crippen MR) is 96.2 cm³/mol. The zero-order valence-electron chi connectivity index (χ0n) is 14.9. The molecule has 0 bridgehead atoms. The van der Waals surface area contributed by atoms with Crippen molar-refractivity contribution in [1.82, 2.24) is 9.80 Å². The summed E-state index contributed by atoms with van der Waals surface area (Å²) in [6, 6.07) is 7.57. The highest BCUT2D eigenvalue weighted by molar-refractivity contribution is 5.98. The van der Waals surface area contributed by atoms with Crippen molar-refractivity contribution in [3.8, 4) is 0 Å². The highest BCUT2D eigenvalue weighted by Crippen LogP contribution is 2.22. The summed E-state index contributed by atoms with van der Waals surface area (Å²) in [5.74, 6) is -0.0204. The molecule has 2 saturated heterocycles. The number of benzene rings is 1. The van der Waals surface area contributed by atoms with E-state index in [0.717, 1.165) is 56.9 Å². The van der Waals surface area contributed by atoms with Gasteiger partial charge in [0, 0.05) is 38.3 Å². The van der Waals surface area contributed by atoms with Crippen LogP contribution in [-0.4, -0.2) is 60.5 Å². The Hall–Kier alpha value is -1.92. The van der Waals surface area contributed by atoms with E-state index in [2.05, 4.69) is 16.3 Å². The first-order chi connectivity index (χ1) is 12.2. The van der Waals surface area contributed by atoms with E-state index in [1.165, 1.54) is 0 Å². The van der Waals surface area contributed by atoms with Crippen LogP contribution in [0.3, 0.4) is 0 Å². The van der Waals surface area contributed by atoms with Gasteiger partial charge in [0.05, 0.1) is 13.2 Å². The normalized spacial score (nSPS) is 21.3. The van der Waals surface area contributed by atoms with Gasteiger partial charge in [0.25, 0.3) is 0 Å². The van der Waals surface area contributed by atoms with E-state index in [4.69, 9.17) is 4.74 Å². The molecule has 1 aromatic rings. The number of rotatable bonds is 5. The largest absolute Gasteiger partial charge is 0.379 e. The summed E-state index contributed by atoms with van der Waals surface area (Å²) in [7, 11) is 0. The van der Waals surface area contributed by atoms with Crippen LogP contribution >= 0.6 is 0 Å². The smallest absolute Gasteiger partial charge is 0.247 e. The van der Waals surface area contributed by atoms with E-state index < -0.39 is 0 Å². The standard InChI is InChI=1S/C19H27N3O3/c1-2-18(23)22-9-5-8-17(22)19(24)20-16-7-4-3-6-15(16)14-21-10-12-25-13-11-21/h3-4,6-7,17H,2,5,8-14H2,1H3,(H,20,24)/t17-/m0/s1. The van der Waals surface area contributed by atoms with Gasteiger partial charge in [-0.25, -0.2) is 0 Å². The topological polar surface area (TPSA) is 61.9 Å². The van der Waals surface area contributed by atoms with Crippen molar-refractivity contribution in [1.29, 1.82) is 0 Å². The molecule has 0 radical (unpaired) electrons. The van der Waals surface area contributed by atoms with Gasteiger partial charge >= 0.3 is 0 Å². The van der Waals surface area contributed by atoms with Crippen LogP contribution < -0.4 is 5.32 Å². The number of hydrogen-bond donors (Lipinski definition) is 1. The van der Waals surface area contributed by atoms with Gasteiger partial charge in [0.2, 0.25) is 11.8 Å². The number of amides is 2. The fourth-order valence-corrected chi connectivity index (χ4v) is 3.54. The Balaban J connectivity index is 1.67. The molecular weight excluding hydrogens is 318 g/mol. The molecule has 2 amide bonds. The van der Waals surface area contributed by atoms with Crippen molar-refractivity contribution in [3.05, 3.63) is 29.8 Å². The molecule has 1 N–H and O–H groups in total. The van der Waals surface area contributed by atoms with Crippen molar-refractivity contribution in [3.63, 3.8) is 0 Å². The molecule has 0 saturated carbocycles. The first-order valence-corrected chi connectivity index (χ1v) is 9.17. The molecule has 3 rings (SSSR count). The molecule has 0 aromatic heterocycles.